The third-order valence-corrected chi connectivity index (χ3v) is 4.88. The number of rotatable bonds is 2. The summed E-state index contributed by atoms with van der Waals surface area (Å²) in [6, 6.07) is 20.4. The summed E-state index contributed by atoms with van der Waals surface area (Å²) in [5, 5.41) is 0. The number of aliphatic imine (C=N–C) groups is 2. The monoisotopic (exact) mass is 318 g/mol. The van der Waals surface area contributed by atoms with E-state index in [1.807, 2.05) is 36.4 Å². The van der Waals surface area contributed by atoms with Gasteiger partial charge in [0.2, 0.25) is 0 Å². The van der Waals surface area contributed by atoms with E-state index in [9.17, 15) is 0 Å². The molecule has 1 aliphatic carbocycles. The number of benzene rings is 2. The Kier molecular flexibility index (Phi) is 4.40. The second kappa shape index (κ2) is 6.35. The van der Waals surface area contributed by atoms with E-state index in [1.165, 1.54) is 0 Å². The Bertz CT molecular complexity index is 686. The minimum absolute atomic E-state index is 0.0268. The van der Waals surface area contributed by atoms with Crippen LogP contribution in [0.5, 0.6) is 0 Å². The Hall–Kier alpha value is -2.22. The van der Waals surface area contributed by atoms with Crippen LogP contribution in [-0.2, 0) is 0 Å². The van der Waals surface area contributed by atoms with Crippen LogP contribution >= 0.6 is 0 Å². The summed E-state index contributed by atoms with van der Waals surface area (Å²) in [7, 11) is 0. The molecule has 0 atom stereocenters. The van der Waals surface area contributed by atoms with Gasteiger partial charge in [0.25, 0.3) is 0 Å². The van der Waals surface area contributed by atoms with E-state index in [1.54, 1.807) is 0 Å². The van der Waals surface area contributed by atoms with Gasteiger partial charge in [-0.1, -0.05) is 64.1 Å². The molecule has 0 bridgehead atoms. The average molecular weight is 318 g/mol. The lowest BCUT2D eigenvalue weighted by molar-refractivity contribution is 0.347. The fourth-order valence-corrected chi connectivity index (χ4v) is 3.17. The van der Waals surface area contributed by atoms with Gasteiger partial charge in [0.1, 0.15) is 0 Å². The molecule has 1 aliphatic rings. The Morgan fingerprint density at radius 1 is 0.583 bits per heavy atom. The first-order valence-electron chi connectivity index (χ1n) is 8.67. The van der Waals surface area contributed by atoms with Crippen molar-refractivity contribution in [3.8, 4) is 0 Å². The first kappa shape index (κ1) is 16.6. The van der Waals surface area contributed by atoms with E-state index >= 15 is 0 Å². The van der Waals surface area contributed by atoms with Gasteiger partial charge in [-0.2, -0.15) is 0 Å². The van der Waals surface area contributed by atoms with Crippen molar-refractivity contribution in [2.24, 2.45) is 20.8 Å². The summed E-state index contributed by atoms with van der Waals surface area (Å²) < 4.78 is 0. The van der Waals surface area contributed by atoms with Gasteiger partial charge in [-0.05, 0) is 37.1 Å². The maximum absolute atomic E-state index is 5.03. The molecule has 0 aliphatic heterocycles. The standard InChI is InChI=1S/C22H26N2/c1-21(2)15-16-22(3,4)20(24-18-13-9-6-10-14-18)19(21)23-17-11-7-5-8-12-17/h5-14H,15-16H2,1-4H3. The van der Waals surface area contributed by atoms with Gasteiger partial charge in [0.05, 0.1) is 22.8 Å². The third-order valence-electron chi connectivity index (χ3n) is 4.88. The second-order valence-electron chi connectivity index (χ2n) is 7.86. The molecule has 2 heteroatoms. The van der Waals surface area contributed by atoms with Gasteiger partial charge in [0, 0.05) is 10.8 Å². The molecule has 0 N–H and O–H groups in total. The van der Waals surface area contributed by atoms with Crippen molar-refractivity contribution in [1.82, 2.24) is 0 Å². The normalized spacial score (nSPS) is 22.7. The molecule has 2 aromatic rings. The Morgan fingerprint density at radius 3 is 1.25 bits per heavy atom. The first-order chi connectivity index (χ1) is 11.4. The quantitative estimate of drug-likeness (QED) is 0.614. The molecule has 0 aromatic heterocycles. The average Bonchev–Trinajstić information content (AvgIpc) is 2.57. The topological polar surface area (TPSA) is 24.7 Å². The summed E-state index contributed by atoms with van der Waals surface area (Å²) in [4.78, 5) is 10.1. The van der Waals surface area contributed by atoms with Crippen molar-refractivity contribution in [3.63, 3.8) is 0 Å². The van der Waals surface area contributed by atoms with Gasteiger partial charge < -0.3 is 0 Å². The van der Waals surface area contributed by atoms with Gasteiger partial charge in [-0.25, -0.2) is 0 Å². The van der Waals surface area contributed by atoms with Crippen LogP contribution in [0.2, 0.25) is 0 Å². The molecule has 0 heterocycles. The highest BCUT2D eigenvalue weighted by Crippen LogP contribution is 2.43. The largest absolute Gasteiger partial charge is 0.251 e. The van der Waals surface area contributed by atoms with Gasteiger partial charge in [-0.3, -0.25) is 9.98 Å². The highest BCUT2D eigenvalue weighted by Gasteiger charge is 2.42. The Labute approximate surface area is 145 Å². The lowest BCUT2D eigenvalue weighted by atomic mass is 9.64. The van der Waals surface area contributed by atoms with Crippen LogP contribution in [-0.4, -0.2) is 11.4 Å². The number of para-hydroxylation sites is 2. The molecule has 24 heavy (non-hydrogen) atoms. The van der Waals surface area contributed by atoms with Crippen LogP contribution in [0.15, 0.2) is 70.6 Å². The SMILES string of the molecule is CC1(C)CCC(C)(C)C(=Nc2ccccc2)C1=Nc1ccccc1. The molecule has 1 saturated carbocycles. The van der Waals surface area contributed by atoms with E-state index in [0.717, 1.165) is 35.6 Å². The molecule has 1 fully saturated rings. The summed E-state index contributed by atoms with van der Waals surface area (Å²) >= 11 is 0. The molecule has 0 radical (unpaired) electrons. The minimum atomic E-state index is 0.0268. The molecular weight excluding hydrogens is 292 g/mol. The van der Waals surface area contributed by atoms with Crippen LogP contribution in [0.4, 0.5) is 11.4 Å². The predicted octanol–water partition coefficient (Wildman–Crippen LogP) is 6.38. The van der Waals surface area contributed by atoms with Gasteiger partial charge in [0.15, 0.2) is 0 Å². The number of hydrogen-bond donors (Lipinski definition) is 0. The van der Waals surface area contributed by atoms with Crippen LogP contribution in [0, 0.1) is 10.8 Å². The fourth-order valence-electron chi connectivity index (χ4n) is 3.17. The maximum Gasteiger partial charge on any atom is 0.0687 e. The zero-order valence-corrected chi connectivity index (χ0v) is 15.1. The van der Waals surface area contributed by atoms with Crippen molar-refractivity contribution in [3.05, 3.63) is 60.7 Å². The lowest BCUT2D eigenvalue weighted by Gasteiger charge is -2.41. The van der Waals surface area contributed by atoms with Crippen LogP contribution in [0.3, 0.4) is 0 Å². The van der Waals surface area contributed by atoms with Crippen molar-refractivity contribution < 1.29 is 0 Å². The molecule has 0 saturated heterocycles. The van der Waals surface area contributed by atoms with Crippen LogP contribution < -0.4 is 0 Å². The van der Waals surface area contributed by atoms with E-state index in [2.05, 4.69) is 52.0 Å². The third kappa shape index (κ3) is 3.48. The van der Waals surface area contributed by atoms with Crippen LogP contribution in [0.25, 0.3) is 0 Å². The zero-order valence-electron chi connectivity index (χ0n) is 15.1. The molecule has 2 nitrogen and oxygen atoms in total. The summed E-state index contributed by atoms with van der Waals surface area (Å²) in [5.74, 6) is 0. The van der Waals surface area contributed by atoms with Crippen molar-refractivity contribution in [1.29, 1.82) is 0 Å². The van der Waals surface area contributed by atoms with E-state index in [0.29, 0.717) is 0 Å². The number of hydrogen-bond acceptors (Lipinski definition) is 2. The summed E-state index contributed by atoms with van der Waals surface area (Å²) in [6.45, 7) is 9.13. The highest BCUT2D eigenvalue weighted by atomic mass is 14.9. The second-order valence-corrected chi connectivity index (χ2v) is 7.86. The molecule has 0 spiro atoms. The van der Waals surface area contributed by atoms with E-state index < -0.39 is 0 Å². The lowest BCUT2D eigenvalue weighted by Crippen LogP contribution is -2.45. The van der Waals surface area contributed by atoms with Crippen molar-refractivity contribution in [2.45, 2.75) is 40.5 Å². The highest BCUT2D eigenvalue weighted by molar-refractivity contribution is 6.47. The summed E-state index contributed by atoms with van der Waals surface area (Å²) in [5.41, 5.74) is 4.29. The Morgan fingerprint density at radius 2 is 0.917 bits per heavy atom. The molecule has 2 aromatic carbocycles. The molecule has 3 rings (SSSR count). The Balaban J connectivity index is 2.15. The smallest absolute Gasteiger partial charge is 0.0687 e. The van der Waals surface area contributed by atoms with Crippen molar-refractivity contribution in [2.75, 3.05) is 0 Å². The van der Waals surface area contributed by atoms with Gasteiger partial charge >= 0.3 is 0 Å². The fraction of sp³-hybridized carbons (Fsp3) is 0.364. The maximum atomic E-state index is 5.03. The molecule has 124 valence electrons. The van der Waals surface area contributed by atoms with Crippen molar-refractivity contribution >= 4 is 22.8 Å². The molecule has 0 unspecified atom stereocenters. The molecular formula is C22H26N2. The molecule has 0 amide bonds. The minimum Gasteiger partial charge on any atom is -0.251 e. The van der Waals surface area contributed by atoms with E-state index in [4.69, 9.17) is 9.98 Å². The van der Waals surface area contributed by atoms with Gasteiger partial charge in [-0.15, -0.1) is 0 Å². The van der Waals surface area contributed by atoms with Crippen LogP contribution in [0.1, 0.15) is 40.5 Å². The zero-order chi connectivity index (χ0) is 17.2. The van der Waals surface area contributed by atoms with E-state index in [-0.39, 0.29) is 10.8 Å². The summed E-state index contributed by atoms with van der Waals surface area (Å²) in [6.07, 6.45) is 2.25. The first-order valence-corrected chi connectivity index (χ1v) is 8.67. The number of nitrogens with zero attached hydrogens (tertiary/aromatic N) is 2. The predicted molar refractivity (Wildman–Crippen MR) is 104 cm³/mol.